The molecule has 25 heteroatoms. The summed E-state index contributed by atoms with van der Waals surface area (Å²) in [5, 5.41) is 22.2. The van der Waals surface area contributed by atoms with Crippen LogP contribution < -0.4 is 21.3 Å². The smallest absolute Gasteiger partial charge is 0.287 e. The third-order valence-corrected chi connectivity index (χ3v) is 18.6. The fourth-order valence-corrected chi connectivity index (χ4v) is 13.4. The molecule has 0 radical (unpaired) electrons. The van der Waals surface area contributed by atoms with Crippen LogP contribution in [-0.4, -0.2) is 122 Å². The van der Waals surface area contributed by atoms with Crippen LogP contribution in [-0.2, 0) is 0 Å². The van der Waals surface area contributed by atoms with Gasteiger partial charge in [0.1, 0.15) is 0 Å². The van der Waals surface area contributed by atoms with Gasteiger partial charge in [-0.1, -0.05) is 145 Å². The molecule has 17 nitrogen and oxygen atoms in total. The Labute approximate surface area is 627 Å². The molecule has 4 aliphatic rings. The van der Waals surface area contributed by atoms with Crippen LogP contribution in [0.3, 0.4) is 0 Å². The van der Waals surface area contributed by atoms with Crippen LogP contribution in [0.2, 0.25) is 20.1 Å². The number of nitriles is 1. The molecule has 0 saturated carbocycles. The first-order valence-electron chi connectivity index (χ1n) is 33.0. The lowest BCUT2D eigenvalue weighted by Gasteiger charge is -2.35. The molecule has 0 bridgehead atoms. The Morgan fingerprint density at radius 2 is 0.525 bits per heavy atom. The Bertz CT molecular complexity index is 3120. The summed E-state index contributed by atoms with van der Waals surface area (Å²) in [5.41, 5.74) is 4.26. The highest BCUT2D eigenvalue weighted by molar-refractivity contribution is 6.32. The van der Waals surface area contributed by atoms with Crippen molar-refractivity contribution in [2.24, 2.45) is 0 Å². The number of rotatable bonds is 20. The zero-order valence-electron chi connectivity index (χ0n) is 55.6. The minimum absolute atomic E-state index is 0. The Balaban J connectivity index is 0.000000273. The number of carbonyl (C=O) groups is 4. The fourth-order valence-electron chi connectivity index (χ4n) is 12.4. The van der Waals surface area contributed by atoms with Crippen LogP contribution in [0.25, 0.3) is 0 Å². The van der Waals surface area contributed by atoms with E-state index < -0.39 is 0 Å². The fraction of sp³-hybridized carbons (Fsp3) is 0.392. The maximum atomic E-state index is 12.2. The van der Waals surface area contributed by atoms with Gasteiger partial charge in [0.05, 0.1) is 55.3 Å². The highest BCUT2D eigenvalue weighted by Gasteiger charge is 2.29. The monoisotopic (exact) mass is 1510 g/mol. The predicted octanol–water partition coefficient (Wildman–Crippen LogP) is 17.8. The summed E-state index contributed by atoms with van der Waals surface area (Å²) in [6.45, 7) is 11.8. The molecule has 4 aliphatic heterocycles. The van der Waals surface area contributed by atoms with E-state index in [0.29, 0.717) is 49.2 Å². The van der Waals surface area contributed by atoms with Gasteiger partial charge in [-0.05, 0) is 199 Å². The molecule has 4 amide bonds. The normalized spacial score (nSPS) is 15.8. The van der Waals surface area contributed by atoms with E-state index in [-0.39, 0.29) is 97.4 Å². The summed E-state index contributed by atoms with van der Waals surface area (Å²) in [7, 11) is 0. The van der Waals surface area contributed by atoms with Gasteiger partial charge in [0.2, 0.25) is 0 Å². The van der Waals surface area contributed by atoms with E-state index in [0.717, 1.165) is 94.7 Å². The van der Waals surface area contributed by atoms with Gasteiger partial charge in [-0.2, -0.15) is 5.26 Å². The van der Waals surface area contributed by atoms with Crippen molar-refractivity contribution in [3.05, 3.63) is 236 Å². The zero-order valence-corrected chi connectivity index (χ0v) is 61.9. The SMILES string of the molecule is CC#N.Cl.Cl.Cl.Cl.O=C(NCC(c1ccccc1Cl)N1CCCCC1)c1ccco1.O=C(NCC(c1ccccc1Cl)N1CCCCC1)c1ccco1.O=C(NCC(c1ccccc1Cl)N1CCCCC1)c1ccco1.O=C(NCC(c1ccccc1Cl)N1CCCCC1)c1ccco1. The molecule has 8 heterocycles. The Morgan fingerprint density at radius 1 is 0.343 bits per heavy atom. The largest absolute Gasteiger partial charge is 0.459 e. The molecule has 0 aliphatic carbocycles. The Hall–Kier alpha value is -6.47. The van der Waals surface area contributed by atoms with Crippen molar-refractivity contribution in [2.45, 2.75) is 108 Å². The van der Waals surface area contributed by atoms with Crippen LogP contribution in [0.4, 0.5) is 0 Å². The molecule has 4 aromatic heterocycles. The highest BCUT2D eigenvalue weighted by Crippen LogP contribution is 2.34. The van der Waals surface area contributed by atoms with Gasteiger partial charge in [0.15, 0.2) is 23.0 Å². The van der Waals surface area contributed by atoms with E-state index in [1.54, 1.807) is 54.6 Å². The zero-order chi connectivity index (χ0) is 67.0. The first kappa shape index (κ1) is 84.9. The van der Waals surface area contributed by atoms with Crippen LogP contribution in [0, 0.1) is 11.3 Å². The lowest BCUT2D eigenvalue weighted by molar-refractivity contribution is 0.0890. The number of benzene rings is 4. The van der Waals surface area contributed by atoms with Crippen molar-refractivity contribution in [1.82, 2.24) is 40.9 Å². The summed E-state index contributed by atoms with van der Waals surface area (Å²) in [6.07, 6.45) is 20.6. The number of likely N-dealkylation sites (tertiary alicyclic amines) is 4. The van der Waals surface area contributed by atoms with Crippen molar-refractivity contribution < 1.29 is 36.8 Å². The summed E-state index contributed by atoms with van der Waals surface area (Å²) in [5.74, 6) is 0.576. The number of hydrogen-bond acceptors (Lipinski definition) is 13. The van der Waals surface area contributed by atoms with E-state index in [1.807, 2.05) is 97.1 Å². The minimum atomic E-state index is -0.191. The van der Waals surface area contributed by atoms with E-state index in [1.165, 1.54) is 109 Å². The molecule has 0 spiro atoms. The van der Waals surface area contributed by atoms with Crippen molar-refractivity contribution in [3.63, 3.8) is 0 Å². The third-order valence-electron chi connectivity index (χ3n) is 17.2. The standard InChI is InChI=1S/4C18H21ClN2O2.C2H3N.4ClH/c4*19-15-8-3-2-7-14(15)16(21-10-4-1-5-11-21)13-20-18(22)17-9-6-12-23-17;1-2-3;;;;/h4*2-3,6-9,12,16H,1,4-5,10-11,13H2,(H,20,22);1H3;4*1H. The molecule has 4 atom stereocenters. The van der Waals surface area contributed by atoms with Crippen LogP contribution in [0.1, 0.15) is 173 Å². The molecule has 4 aromatic carbocycles. The lowest BCUT2D eigenvalue weighted by atomic mass is 10.0. The van der Waals surface area contributed by atoms with E-state index in [4.69, 9.17) is 69.3 Å². The molecule has 536 valence electrons. The lowest BCUT2D eigenvalue weighted by Crippen LogP contribution is -2.40. The van der Waals surface area contributed by atoms with Crippen molar-refractivity contribution in [3.8, 4) is 6.07 Å². The topological polar surface area (TPSA) is 206 Å². The molecule has 4 fully saturated rings. The van der Waals surface area contributed by atoms with Crippen LogP contribution >= 0.6 is 96.0 Å². The Morgan fingerprint density at radius 3 is 0.687 bits per heavy atom. The quantitative estimate of drug-likeness (QED) is 0.0561. The molecule has 8 aromatic rings. The number of furan rings is 4. The van der Waals surface area contributed by atoms with Gasteiger partial charge in [-0.3, -0.25) is 38.8 Å². The van der Waals surface area contributed by atoms with Crippen molar-refractivity contribution in [2.75, 3.05) is 78.5 Å². The second-order valence-corrected chi connectivity index (χ2v) is 25.1. The van der Waals surface area contributed by atoms with E-state index in [9.17, 15) is 19.2 Å². The van der Waals surface area contributed by atoms with E-state index in [2.05, 4.69) is 40.9 Å². The molecule has 4 unspecified atom stereocenters. The number of amides is 4. The first-order valence-corrected chi connectivity index (χ1v) is 34.5. The average Bonchev–Trinajstić information content (AvgIpc) is 1.73. The number of halogens is 8. The number of carbonyl (C=O) groups excluding carboxylic acids is 4. The number of nitrogens with one attached hydrogen (secondary N) is 4. The van der Waals surface area contributed by atoms with Crippen molar-refractivity contribution >= 4 is 120 Å². The van der Waals surface area contributed by atoms with Gasteiger partial charge >= 0.3 is 0 Å². The minimum Gasteiger partial charge on any atom is -0.459 e. The summed E-state index contributed by atoms with van der Waals surface area (Å²) in [4.78, 5) is 58.3. The van der Waals surface area contributed by atoms with Gasteiger partial charge in [0.25, 0.3) is 23.6 Å². The van der Waals surface area contributed by atoms with E-state index >= 15 is 0 Å². The third kappa shape index (κ3) is 26.8. The second kappa shape index (κ2) is 46.9. The number of piperidine rings is 4. The number of hydrogen-bond donors (Lipinski definition) is 4. The molecule has 12 rings (SSSR count). The van der Waals surface area contributed by atoms with Gasteiger partial charge in [-0.25, -0.2) is 0 Å². The number of nitrogens with zero attached hydrogens (tertiary/aromatic N) is 5. The molecular weight excluding hydrogens is 1430 g/mol. The first-order chi connectivity index (χ1) is 46.4. The summed E-state index contributed by atoms with van der Waals surface area (Å²) in [6, 6.07) is 47.1. The van der Waals surface area contributed by atoms with Crippen molar-refractivity contribution in [1.29, 1.82) is 5.26 Å². The van der Waals surface area contributed by atoms with Crippen LogP contribution in [0.15, 0.2) is 188 Å². The molecule has 4 N–H and O–H groups in total. The predicted molar refractivity (Wildman–Crippen MR) is 403 cm³/mol. The maximum Gasteiger partial charge on any atom is 0.287 e. The van der Waals surface area contributed by atoms with Gasteiger partial charge < -0.3 is 38.9 Å². The van der Waals surface area contributed by atoms with Gasteiger partial charge in [-0.15, -0.1) is 49.6 Å². The maximum absolute atomic E-state index is 12.2. The summed E-state index contributed by atoms with van der Waals surface area (Å²) < 4.78 is 20.6. The van der Waals surface area contributed by atoms with Gasteiger partial charge in [0, 0.05) is 53.2 Å². The van der Waals surface area contributed by atoms with Crippen LogP contribution in [0.5, 0.6) is 0 Å². The second-order valence-electron chi connectivity index (χ2n) is 23.5. The summed E-state index contributed by atoms with van der Waals surface area (Å²) >= 11 is 25.6. The molecular formula is C74H91Cl8N9O8. The Kier molecular flexibility index (Phi) is 40.2. The highest BCUT2D eigenvalue weighted by atomic mass is 35.5. The molecule has 99 heavy (non-hydrogen) atoms. The molecule has 4 saturated heterocycles. The average molecular weight is 1520 g/mol.